The number of aromatic amines is 2. The lowest BCUT2D eigenvalue weighted by Gasteiger charge is -2.15. The maximum Gasteiger partial charge on any atom is 0.375 e. The average molecular weight is 375 g/mol. The first-order chi connectivity index (χ1) is 12.9. The Morgan fingerprint density at radius 3 is 2.07 bits per heavy atom. The number of rotatable bonds is 1. The lowest BCUT2D eigenvalue weighted by atomic mass is 9.95. The van der Waals surface area contributed by atoms with Crippen molar-refractivity contribution in [3.8, 4) is 11.5 Å². The molecule has 27 heavy (non-hydrogen) atoms. The highest BCUT2D eigenvalue weighted by molar-refractivity contribution is 5.51. The predicted octanol–water partition coefficient (Wildman–Crippen LogP) is 1.83. The minimum Gasteiger partial charge on any atom is -0.507 e. The van der Waals surface area contributed by atoms with E-state index in [1.807, 2.05) is 0 Å². The molecule has 9 heteroatoms. The molecule has 2 aliphatic carbocycles. The largest absolute Gasteiger partial charge is 0.507 e. The fraction of sp³-hybridized carbons (Fsp3) is 0.444. The molecular weight excluding hydrogens is 354 g/mol. The molecule has 0 spiro atoms. The number of hydrogen-bond acceptors (Lipinski definition) is 6. The van der Waals surface area contributed by atoms with Crippen molar-refractivity contribution in [2.45, 2.75) is 51.4 Å². The van der Waals surface area contributed by atoms with E-state index in [1.165, 1.54) is 6.07 Å². The molecule has 0 amide bonds. The highest BCUT2D eigenvalue weighted by atomic mass is 16.6. The van der Waals surface area contributed by atoms with Gasteiger partial charge in [0.1, 0.15) is 5.75 Å². The lowest BCUT2D eigenvalue weighted by Crippen LogP contribution is -2.18. The summed E-state index contributed by atoms with van der Waals surface area (Å²) >= 11 is 0. The zero-order valence-corrected chi connectivity index (χ0v) is 14.7. The van der Waals surface area contributed by atoms with Crippen LogP contribution < -0.4 is 11.1 Å². The second-order valence-corrected chi connectivity index (χ2v) is 6.76. The maximum atomic E-state index is 11.3. The van der Waals surface area contributed by atoms with E-state index in [-0.39, 0.29) is 11.3 Å². The normalized spacial score (nSPS) is 15.1. The van der Waals surface area contributed by atoms with Crippen LogP contribution in [-0.2, 0) is 25.7 Å². The molecule has 0 saturated carbocycles. The van der Waals surface area contributed by atoms with Crippen LogP contribution in [0.4, 0.5) is 5.69 Å². The van der Waals surface area contributed by atoms with Crippen LogP contribution in [0.5, 0.6) is 11.5 Å². The number of nitro groups is 1. The van der Waals surface area contributed by atoms with Crippen LogP contribution in [0, 0.1) is 10.1 Å². The number of aromatic hydroxyl groups is 2. The molecule has 4 N–H and O–H groups in total. The number of nitrogens with one attached hydrogen (secondary N) is 2. The summed E-state index contributed by atoms with van der Waals surface area (Å²) in [6.45, 7) is 0. The Balaban J connectivity index is 0.000000159. The summed E-state index contributed by atoms with van der Waals surface area (Å²) in [5.41, 5.74) is 1.25. The van der Waals surface area contributed by atoms with Crippen molar-refractivity contribution in [2.75, 3.05) is 0 Å². The molecule has 0 saturated heterocycles. The van der Waals surface area contributed by atoms with Crippen LogP contribution in [0.15, 0.2) is 15.7 Å². The van der Waals surface area contributed by atoms with Crippen LogP contribution in [-0.4, -0.2) is 25.1 Å². The summed E-state index contributed by atoms with van der Waals surface area (Å²) in [7, 11) is 0. The van der Waals surface area contributed by atoms with Gasteiger partial charge in [-0.15, -0.1) is 0 Å². The van der Waals surface area contributed by atoms with Gasteiger partial charge in [0, 0.05) is 28.6 Å². The van der Waals surface area contributed by atoms with Crippen molar-refractivity contribution >= 4 is 5.69 Å². The third kappa shape index (κ3) is 3.86. The van der Waals surface area contributed by atoms with Gasteiger partial charge in [0.15, 0.2) is 0 Å². The highest BCUT2D eigenvalue weighted by Crippen LogP contribution is 2.32. The van der Waals surface area contributed by atoms with Gasteiger partial charge < -0.3 is 20.2 Å². The zero-order valence-electron chi connectivity index (χ0n) is 14.7. The number of H-pyrrole nitrogens is 2. The minimum atomic E-state index is -0.844. The van der Waals surface area contributed by atoms with Gasteiger partial charge in [-0.1, -0.05) is 0 Å². The fourth-order valence-corrected chi connectivity index (χ4v) is 3.64. The van der Waals surface area contributed by atoms with Crippen molar-refractivity contribution in [1.29, 1.82) is 0 Å². The Bertz CT molecular complexity index is 992. The number of pyridine rings is 2. The van der Waals surface area contributed by atoms with Crippen molar-refractivity contribution in [3.63, 3.8) is 0 Å². The molecule has 0 atom stereocenters. The molecule has 0 aliphatic heterocycles. The van der Waals surface area contributed by atoms with Crippen molar-refractivity contribution < 1.29 is 15.1 Å². The van der Waals surface area contributed by atoms with E-state index < -0.39 is 21.9 Å². The summed E-state index contributed by atoms with van der Waals surface area (Å²) in [4.78, 5) is 37.2. The van der Waals surface area contributed by atoms with Gasteiger partial charge in [0.05, 0.1) is 4.92 Å². The summed E-state index contributed by atoms with van der Waals surface area (Å²) in [6.07, 6.45) is 7.04. The Labute approximate surface area is 153 Å². The molecule has 0 bridgehead atoms. The van der Waals surface area contributed by atoms with E-state index in [0.717, 1.165) is 49.8 Å². The first kappa shape index (κ1) is 18.7. The molecule has 0 fully saturated rings. The van der Waals surface area contributed by atoms with E-state index in [1.54, 1.807) is 0 Å². The van der Waals surface area contributed by atoms with E-state index in [4.69, 9.17) is 0 Å². The van der Waals surface area contributed by atoms with E-state index >= 15 is 0 Å². The number of fused-ring (bicyclic) bond motifs is 2. The van der Waals surface area contributed by atoms with Crippen LogP contribution >= 0.6 is 0 Å². The van der Waals surface area contributed by atoms with E-state index in [9.17, 15) is 29.9 Å². The fourth-order valence-electron chi connectivity index (χ4n) is 3.64. The summed E-state index contributed by atoms with van der Waals surface area (Å²) < 4.78 is 0. The Morgan fingerprint density at radius 2 is 1.44 bits per heavy atom. The second-order valence-electron chi connectivity index (χ2n) is 6.76. The summed E-state index contributed by atoms with van der Waals surface area (Å²) in [6, 6.07) is 1.25. The van der Waals surface area contributed by atoms with Gasteiger partial charge in [-0.3, -0.25) is 19.7 Å². The van der Waals surface area contributed by atoms with Crippen molar-refractivity contribution in [1.82, 2.24) is 9.97 Å². The summed E-state index contributed by atoms with van der Waals surface area (Å²) in [5, 5.41) is 29.6. The first-order valence-corrected chi connectivity index (χ1v) is 8.94. The van der Waals surface area contributed by atoms with Gasteiger partial charge in [-0.2, -0.15) is 0 Å². The van der Waals surface area contributed by atoms with Crippen molar-refractivity contribution in [2.24, 2.45) is 0 Å². The number of hydrogen-bond donors (Lipinski definition) is 4. The average Bonchev–Trinajstić information content (AvgIpc) is 2.62. The molecule has 2 aromatic rings. The van der Waals surface area contributed by atoms with Gasteiger partial charge in [0.25, 0.3) is 5.56 Å². The maximum absolute atomic E-state index is 11.3. The molecule has 0 unspecified atom stereocenters. The van der Waals surface area contributed by atoms with Crippen LogP contribution in [0.3, 0.4) is 0 Å². The number of aromatic nitrogens is 2. The van der Waals surface area contributed by atoms with E-state index in [0.29, 0.717) is 24.1 Å². The quantitative estimate of drug-likeness (QED) is 0.441. The molecule has 2 aromatic heterocycles. The molecular formula is C18H21N3O6. The third-order valence-corrected chi connectivity index (χ3v) is 4.96. The molecule has 4 rings (SSSR count). The standard InChI is InChI=1S/C9H10N2O4.C9H11NO2/c12-8-5-3-1-2-4-6(5)10-9(13)7(8)11(14)15;11-8-5-9(12)10-7-4-2-1-3-6(7)8/h1-4H2,(H2,10,12,13);5H,1-4H2,(H2,10,11,12). The molecule has 144 valence electrons. The highest BCUT2D eigenvalue weighted by Gasteiger charge is 2.26. The second kappa shape index (κ2) is 7.65. The number of aryl methyl sites for hydroxylation is 2. The summed E-state index contributed by atoms with van der Waals surface area (Å²) in [5.74, 6) is -0.299. The Hall–Kier alpha value is -3.10. The monoisotopic (exact) mass is 375 g/mol. The Morgan fingerprint density at radius 1 is 0.889 bits per heavy atom. The van der Waals surface area contributed by atoms with Gasteiger partial charge in [0.2, 0.25) is 5.75 Å². The molecule has 2 heterocycles. The molecule has 9 nitrogen and oxygen atoms in total. The molecule has 0 aromatic carbocycles. The topological polar surface area (TPSA) is 149 Å². The van der Waals surface area contributed by atoms with Gasteiger partial charge in [-0.05, 0) is 51.4 Å². The lowest BCUT2D eigenvalue weighted by molar-refractivity contribution is -0.387. The minimum absolute atomic E-state index is 0.161. The molecule has 2 aliphatic rings. The smallest absolute Gasteiger partial charge is 0.375 e. The predicted molar refractivity (Wildman–Crippen MR) is 97.4 cm³/mol. The van der Waals surface area contributed by atoms with Crippen LogP contribution in [0.1, 0.15) is 48.2 Å². The van der Waals surface area contributed by atoms with Crippen LogP contribution in [0.2, 0.25) is 0 Å². The number of nitrogens with zero attached hydrogens (tertiary/aromatic N) is 1. The molecule has 0 radical (unpaired) electrons. The van der Waals surface area contributed by atoms with Gasteiger partial charge >= 0.3 is 11.2 Å². The Kier molecular flexibility index (Phi) is 5.29. The SMILES string of the molecule is O=c1[nH]c2c(c(O)c1[N+](=O)[O-])CCCC2.O=c1cc(O)c2c([nH]1)CCCC2. The zero-order chi connectivity index (χ0) is 19.6. The third-order valence-electron chi connectivity index (χ3n) is 4.96. The van der Waals surface area contributed by atoms with Crippen LogP contribution in [0.25, 0.3) is 0 Å². The first-order valence-electron chi connectivity index (χ1n) is 8.94. The van der Waals surface area contributed by atoms with E-state index in [2.05, 4.69) is 9.97 Å². The van der Waals surface area contributed by atoms with Crippen molar-refractivity contribution in [3.05, 3.63) is 59.4 Å². The van der Waals surface area contributed by atoms with Gasteiger partial charge in [-0.25, -0.2) is 0 Å².